The molecule has 1 aliphatic rings. The van der Waals surface area contributed by atoms with E-state index in [1.54, 1.807) is 11.3 Å². The normalized spacial score (nSPS) is 17.7. The molecule has 0 aliphatic carbocycles. The van der Waals surface area contributed by atoms with Crippen LogP contribution in [0.3, 0.4) is 0 Å². The van der Waals surface area contributed by atoms with Crippen molar-refractivity contribution in [3.63, 3.8) is 0 Å². The maximum absolute atomic E-state index is 5.38. The van der Waals surface area contributed by atoms with Gasteiger partial charge in [0.2, 0.25) is 0 Å². The summed E-state index contributed by atoms with van der Waals surface area (Å²) in [5.74, 6) is 1.40. The Morgan fingerprint density at radius 2 is 2.17 bits per heavy atom. The summed E-state index contributed by atoms with van der Waals surface area (Å²) in [5.41, 5.74) is 1.38. The summed E-state index contributed by atoms with van der Waals surface area (Å²) in [6.45, 7) is 12.1. The molecular formula is C18H32N4OS. The predicted octanol–water partition coefficient (Wildman–Crippen LogP) is 2.52. The van der Waals surface area contributed by atoms with Crippen molar-refractivity contribution in [2.24, 2.45) is 4.99 Å². The zero-order valence-corrected chi connectivity index (χ0v) is 15.9. The molecule has 0 aromatic carbocycles. The van der Waals surface area contributed by atoms with Crippen LogP contribution in [0.4, 0.5) is 0 Å². The van der Waals surface area contributed by atoms with E-state index in [0.29, 0.717) is 5.92 Å². The molecule has 0 radical (unpaired) electrons. The summed E-state index contributed by atoms with van der Waals surface area (Å²) in [6.07, 6.45) is 2.39. The van der Waals surface area contributed by atoms with Crippen LogP contribution in [0.2, 0.25) is 0 Å². The predicted molar refractivity (Wildman–Crippen MR) is 103 cm³/mol. The van der Waals surface area contributed by atoms with Gasteiger partial charge in [0.25, 0.3) is 0 Å². The molecule has 2 N–H and O–H groups in total. The molecular weight excluding hydrogens is 320 g/mol. The fourth-order valence-corrected chi connectivity index (χ4v) is 3.51. The number of nitrogens with zero attached hydrogens (tertiary/aromatic N) is 2. The minimum atomic E-state index is 0.466. The van der Waals surface area contributed by atoms with Gasteiger partial charge in [-0.05, 0) is 48.7 Å². The zero-order valence-electron chi connectivity index (χ0n) is 15.1. The van der Waals surface area contributed by atoms with Gasteiger partial charge in [-0.25, -0.2) is 0 Å². The van der Waals surface area contributed by atoms with Crippen molar-refractivity contribution in [3.05, 3.63) is 22.4 Å². The first-order chi connectivity index (χ1) is 11.8. The third-order valence-electron chi connectivity index (χ3n) is 4.28. The molecule has 1 aromatic heterocycles. The summed E-state index contributed by atoms with van der Waals surface area (Å²) in [4.78, 5) is 7.22. The third-order valence-corrected chi connectivity index (χ3v) is 4.98. The lowest BCUT2D eigenvalue weighted by Gasteiger charge is -2.26. The summed E-state index contributed by atoms with van der Waals surface area (Å²) in [7, 11) is 0. The molecule has 5 nitrogen and oxygen atoms in total. The van der Waals surface area contributed by atoms with Crippen molar-refractivity contribution in [2.75, 3.05) is 52.5 Å². The van der Waals surface area contributed by atoms with Gasteiger partial charge in [-0.3, -0.25) is 9.89 Å². The maximum Gasteiger partial charge on any atom is 0.191 e. The number of hydrogen-bond acceptors (Lipinski definition) is 4. The van der Waals surface area contributed by atoms with Crippen molar-refractivity contribution < 1.29 is 4.74 Å². The van der Waals surface area contributed by atoms with Crippen LogP contribution in [0.5, 0.6) is 0 Å². The Balaban J connectivity index is 1.63. The second-order valence-electron chi connectivity index (χ2n) is 6.27. The van der Waals surface area contributed by atoms with Gasteiger partial charge in [-0.2, -0.15) is 11.3 Å². The molecule has 6 heteroatoms. The summed E-state index contributed by atoms with van der Waals surface area (Å²) < 4.78 is 5.38. The van der Waals surface area contributed by atoms with Crippen LogP contribution in [-0.4, -0.2) is 63.3 Å². The van der Waals surface area contributed by atoms with Crippen LogP contribution in [0.15, 0.2) is 21.8 Å². The van der Waals surface area contributed by atoms with Crippen LogP contribution in [0.25, 0.3) is 0 Å². The number of aliphatic imine (C=N–C) groups is 1. The van der Waals surface area contributed by atoms with E-state index in [1.807, 2.05) is 0 Å². The molecule has 0 amide bonds. The standard InChI is InChI=1S/C18H32N4OS/c1-3-19-18(21-14-16(2)17-6-13-24-15-17)20-7-4-5-8-22-9-11-23-12-10-22/h6,13,15-16H,3-5,7-12,14H2,1-2H3,(H2,19,20,21). The lowest BCUT2D eigenvalue weighted by Crippen LogP contribution is -2.39. The number of ether oxygens (including phenoxy) is 1. The maximum atomic E-state index is 5.38. The highest BCUT2D eigenvalue weighted by molar-refractivity contribution is 7.07. The van der Waals surface area contributed by atoms with E-state index >= 15 is 0 Å². The first-order valence-electron chi connectivity index (χ1n) is 9.14. The van der Waals surface area contributed by atoms with Crippen molar-refractivity contribution >= 4 is 17.3 Å². The molecule has 1 fully saturated rings. The molecule has 1 unspecified atom stereocenters. The molecule has 136 valence electrons. The van der Waals surface area contributed by atoms with Gasteiger partial charge < -0.3 is 15.4 Å². The summed E-state index contributed by atoms with van der Waals surface area (Å²) in [5, 5.41) is 11.1. The van der Waals surface area contributed by atoms with Gasteiger partial charge in [0.05, 0.1) is 13.2 Å². The number of rotatable bonds is 9. The van der Waals surface area contributed by atoms with Gasteiger partial charge >= 0.3 is 0 Å². The molecule has 0 saturated carbocycles. The van der Waals surface area contributed by atoms with Crippen molar-refractivity contribution in [1.82, 2.24) is 15.5 Å². The number of hydrogen-bond donors (Lipinski definition) is 2. The molecule has 24 heavy (non-hydrogen) atoms. The van der Waals surface area contributed by atoms with Crippen LogP contribution in [0.1, 0.15) is 38.2 Å². The lowest BCUT2D eigenvalue weighted by molar-refractivity contribution is 0.0372. The van der Waals surface area contributed by atoms with E-state index in [1.165, 1.54) is 24.9 Å². The van der Waals surface area contributed by atoms with E-state index in [4.69, 9.17) is 9.73 Å². The summed E-state index contributed by atoms with van der Waals surface area (Å²) in [6, 6.07) is 2.19. The van der Waals surface area contributed by atoms with Crippen LogP contribution < -0.4 is 10.6 Å². The highest BCUT2D eigenvalue weighted by Gasteiger charge is 2.09. The first-order valence-corrected chi connectivity index (χ1v) is 10.1. The summed E-state index contributed by atoms with van der Waals surface area (Å²) >= 11 is 1.75. The Morgan fingerprint density at radius 1 is 1.33 bits per heavy atom. The molecule has 0 bridgehead atoms. The Kier molecular flexibility index (Phi) is 9.16. The fraction of sp³-hybridized carbons (Fsp3) is 0.722. The Labute approximate surface area is 150 Å². The van der Waals surface area contributed by atoms with Crippen LogP contribution >= 0.6 is 11.3 Å². The highest BCUT2D eigenvalue weighted by atomic mass is 32.1. The first kappa shape index (κ1) is 19.2. The minimum absolute atomic E-state index is 0.466. The zero-order chi connectivity index (χ0) is 17.0. The molecule has 1 aromatic rings. The van der Waals surface area contributed by atoms with Gasteiger partial charge in [-0.1, -0.05) is 6.92 Å². The molecule has 2 rings (SSSR count). The Morgan fingerprint density at radius 3 is 2.88 bits per heavy atom. The van der Waals surface area contributed by atoms with E-state index in [2.05, 4.69) is 46.2 Å². The Bertz CT molecular complexity index is 458. The van der Waals surface area contributed by atoms with Gasteiger partial charge in [0, 0.05) is 38.6 Å². The molecule has 0 spiro atoms. The highest BCUT2D eigenvalue weighted by Crippen LogP contribution is 2.18. The molecule has 1 saturated heterocycles. The van der Waals surface area contributed by atoms with Crippen LogP contribution in [-0.2, 0) is 4.74 Å². The van der Waals surface area contributed by atoms with E-state index in [9.17, 15) is 0 Å². The van der Waals surface area contributed by atoms with Crippen LogP contribution in [0, 0.1) is 0 Å². The molecule has 1 aliphatic heterocycles. The Hall–Kier alpha value is -1.11. The van der Waals surface area contributed by atoms with Gasteiger partial charge in [0.1, 0.15) is 0 Å². The fourth-order valence-electron chi connectivity index (χ4n) is 2.72. The quantitative estimate of drug-likeness (QED) is 0.407. The topological polar surface area (TPSA) is 48.9 Å². The van der Waals surface area contributed by atoms with E-state index < -0.39 is 0 Å². The molecule has 2 heterocycles. The third kappa shape index (κ3) is 7.20. The second kappa shape index (κ2) is 11.4. The average Bonchev–Trinajstić information content (AvgIpc) is 3.14. The number of guanidine groups is 1. The SMILES string of the molecule is CCNC(=NCC(C)c1ccsc1)NCCCCN1CCOCC1. The monoisotopic (exact) mass is 352 g/mol. The van der Waals surface area contributed by atoms with E-state index in [-0.39, 0.29) is 0 Å². The van der Waals surface area contributed by atoms with Crippen molar-refractivity contribution in [2.45, 2.75) is 32.6 Å². The van der Waals surface area contributed by atoms with Crippen molar-refractivity contribution in [3.8, 4) is 0 Å². The number of morpholine rings is 1. The second-order valence-corrected chi connectivity index (χ2v) is 7.05. The molecule has 1 atom stereocenters. The number of unbranched alkanes of at least 4 members (excludes halogenated alkanes) is 1. The van der Waals surface area contributed by atoms with Crippen molar-refractivity contribution in [1.29, 1.82) is 0 Å². The van der Waals surface area contributed by atoms with E-state index in [0.717, 1.165) is 51.9 Å². The average molecular weight is 353 g/mol. The number of thiophene rings is 1. The minimum Gasteiger partial charge on any atom is -0.379 e. The number of nitrogens with one attached hydrogen (secondary N) is 2. The van der Waals surface area contributed by atoms with Gasteiger partial charge in [0.15, 0.2) is 5.96 Å². The van der Waals surface area contributed by atoms with Gasteiger partial charge in [-0.15, -0.1) is 0 Å². The smallest absolute Gasteiger partial charge is 0.191 e. The lowest BCUT2D eigenvalue weighted by atomic mass is 10.1. The largest absolute Gasteiger partial charge is 0.379 e.